The molecule has 5 heteroatoms. The van der Waals surface area contributed by atoms with Gasteiger partial charge in [0.05, 0.1) is 17.1 Å². The van der Waals surface area contributed by atoms with Gasteiger partial charge in [-0.15, -0.1) is 0 Å². The van der Waals surface area contributed by atoms with Crippen LogP contribution in [0, 0.1) is 27.9 Å². The van der Waals surface area contributed by atoms with Crippen LogP contribution in [-0.2, 0) is 4.74 Å². The highest BCUT2D eigenvalue weighted by Crippen LogP contribution is 2.56. The van der Waals surface area contributed by atoms with Gasteiger partial charge in [-0.1, -0.05) is 30.3 Å². The monoisotopic (exact) mass is 351 g/mol. The first-order valence-corrected chi connectivity index (χ1v) is 9.10. The lowest BCUT2D eigenvalue weighted by Gasteiger charge is -2.31. The third-order valence-corrected chi connectivity index (χ3v) is 5.99. The number of carbonyl (C=O) groups excluding carboxylic acids is 1. The molecule has 134 valence electrons. The van der Waals surface area contributed by atoms with Crippen LogP contribution in [0.2, 0.25) is 0 Å². The Morgan fingerprint density at radius 2 is 1.73 bits per heavy atom. The topological polar surface area (TPSA) is 69.4 Å². The zero-order valence-corrected chi connectivity index (χ0v) is 14.4. The Morgan fingerprint density at radius 3 is 2.42 bits per heavy atom. The van der Waals surface area contributed by atoms with Gasteiger partial charge in [0.25, 0.3) is 5.69 Å². The maximum Gasteiger partial charge on any atom is 0.338 e. The average molecular weight is 351 g/mol. The molecule has 0 unspecified atom stereocenters. The van der Waals surface area contributed by atoms with Gasteiger partial charge in [0, 0.05) is 18.1 Å². The van der Waals surface area contributed by atoms with E-state index in [0.29, 0.717) is 35.8 Å². The Bertz CT molecular complexity index is 803. The van der Waals surface area contributed by atoms with E-state index in [-0.39, 0.29) is 5.69 Å². The molecule has 2 aromatic rings. The molecule has 0 heterocycles. The lowest BCUT2D eigenvalue weighted by molar-refractivity contribution is -0.384. The molecule has 0 aromatic heterocycles. The smallest absolute Gasteiger partial charge is 0.338 e. The number of carbonyl (C=O) groups is 1. The summed E-state index contributed by atoms with van der Waals surface area (Å²) in [4.78, 5) is 22.6. The zero-order chi connectivity index (χ0) is 18.1. The molecule has 26 heavy (non-hydrogen) atoms. The predicted molar refractivity (Wildman–Crippen MR) is 96.9 cm³/mol. The molecule has 5 nitrogen and oxygen atoms in total. The number of rotatable bonds is 5. The van der Waals surface area contributed by atoms with E-state index in [0.717, 1.165) is 0 Å². The Morgan fingerprint density at radius 1 is 1.04 bits per heavy atom. The minimum Gasteiger partial charge on any atom is -0.462 e. The summed E-state index contributed by atoms with van der Waals surface area (Å²) < 4.78 is 5.61. The highest BCUT2D eigenvalue weighted by atomic mass is 16.6. The predicted octanol–water partition coefficient (Wildman–Crippen LogP) is 4.58. The summed E-state index contributed by atoms with van der Waals surface area (Å²) in [5, 5.41) is 10.7. The van der Waals surface area contributed by atoms with Crippen molar-refractivity contribution in [2.45, 2.75) is 25.2 Å². The number of non-ortho nitro benzene ring substituents is 1. The van der Waals surface area contributed by atoms with Crippen molar-refractivity contribution < 1.29 is 14.5 Å². The molecule has 0 radical (unpaired) electrons. The number of ether oxygens (including phenoxy) is 1. The second kappa shape index (κ2) is 6.90. The Hall–Kier alpha value is -2.69. The van der Waals surface area contributed by atoms with Crippen molar-refractivity contribution in [2.24, 2.45) is 17.8 Å². The molecule has 2 saturated carbocycles. The molecule has 0 spiro atoms. The van der Waals surface area contributed by atoms with Gasteiger partial charge in [0.2, 0.25) is 0 Å². The molecule has 4 rings (SSSR count). The molecule has 4 atom stereocenters. The van der Waals surface area contributed by atoms with Gasteiger partial charge in [-0.25, -0.2) is 4.79 Å². The fraction of sp³-hybridized carbons (Fsp3) is 0.381. The van der Waals surface area contributed by atoms with Gasteiger partial charge < -0.3 is 4.74 Å². The van der Waals surface area contributed by atoms with E-state index in [2.05, 4.69) is 24.3 Å². The van der Waals surface area contributed by atoms with E-state index in [1.807, 2.05) is 6.07 Å². The molecule has 2 aliphatic rings. The second-order valence-electron chi connectivity index (χ2n) is 7.34. The number of esters is 1. The Balaban J connectivity index is 1.44. The maximum absolute atomic E-state index is 12.3. The summed E-state index contributed by atoms with van der Waals surface area (Å²) in [7, 11) is 0. The van der Waals surface area contributed by atoms with E-state index in [4.69, 9.17) is 4.74 Å². The molecular formula is C21H21NO4. The molecule has 0 aliphatic heterocycles. The first-order chi connectivity index (χ1) is 12.6. The number of nitro benzene ring substituents is 1. The van der Waals surface area contributed by atoms with Gasteiger partial charge in [-0.05, 0) is 54.7 Å². The number of hydrogen-bond donors (Lipinski definition) is 0. The number of nitro groups is 1. The van der Waals surface area contributed by atoms with Crippen LogP contribution in [0.5, 0.6) is 0 Å². The van der Waals surface area contributed by atoms with Gasteiger partial charge >= 0.3 is 5.97 Å². The lowest BCUT2D eigenvalue weighted by Crippen LogP contribution is -2.26. The van der Waals surface area contributed by atoms with E-state index in [1.54, 1.807) is 0 Å². The van der Waals surface area contributed by atoms with Crippen LogP contribution in [-0.4, -0.2) is 17.5 Å². The van der Waals surface area contributed by atoms with Crippen LogP contribution < -0.4 is 0 Å². The number of fused-ring (bicyclic) bond motifs is 2. The first-order valence-electron chi connectivity index (χ1n) is 9.10. The van der Waals surface area contributed by atoms with Gasteiger partial charge in [0.15, 0.2) is 0 Å². The normalized spacial score (nSPS) is 26.6. The van der Waals surface area contributed by atoms with E-state index in [9.17, 15) is 14.9 Å². The molecule has 0 saturated heterocycles. The Labute approximate surface area is 152 Å². The van der Waals surface area contributed by atoms with Crippen LogP contribution in [0.25, 0.3) is 0 Å². The largest absolute Gasteiger partial charge is 0.462 e. The van der Waals surface area contributed by atoms with Crippen LogP contribution in [0.3, 0.4) is 0 Å². The lowest BCUT2D eigenvalue weighted by atomic mass is 9.76. The zero-order valence-electron chi connectivity index (χ0n) is 14.4. The van der Waals surface area contributed by atoms with Gasteiger partial charge in [-0.3, -0.25) is 10.1 Å². The molecular weight excluding hydrogens is 330 g/mol. The molecule has 0 N–H and O–H groups in total. The van der Waals surface area contributed by atoms with Gasteiger partial charge in [-0.2, -0.15) is 0 Å². The van der Waals surface area contributed by atoms with E-state index < -0.39 is 10.9 Å². The number of hydrogen-bond acceptors (Lipinski definition) is 4. The highest BCUT2D eigenvalue weighted by Gasteiger charge is 2.48. The minimum absolute atomic E-state index is 0.0289. The van der Waals surface area contributed by atoms with Crippen LogP contribution in [0.1, 0.15) is 41.1 Å². The molecule has 2 fully saturated rings. The van der Waals surface area contributed by atoms with Crippen molar-refractivity contribution in [1.29, 1.82) is 0 Å². The van der Waals surface area contributed by atoms with Crippen LogP contribution in [0.15, 0.2) is 54.6 Å². The van der Waals surface area contributed by atoms with Crippen molar-refractivity contribution in [3.8, 4) is 0 Å². The summed E-state index contributed by atoms with van der Waals surface area (Å²) in [6, 6.07) is 16.1. The highest BCUT2D eigenvalue weighted by molar-refractivity contribution is 5.89. The molecule has 2 aromatic carbocycles. The maximum atomic E-state index is 12.3. The quantitative estimate of drug-likeness (QED) is 0.449. The summed E-state index contributed by atoms with van der Waals surface area (Å²) in [6.07, 6.45) is 3.70. The third-order valence-electron chi connectivity index (χ3n) is 5.99. The van der Waals surface area contributed by atoms with Gasteiger partial charge in [0.1, 0.15) is 0 Å². The van der Waals surface area contributed by atoms with E-state index >= 15 is 0 Å². The first kappa shape index (κ1) is 16.8. The third kappa shape index (κ3) is 3.09. The molecule has 2 aliphatic carbocycles. The van der Waals surface area contributed by atoms with E-state index in [1.165, 1.54) is 49.1 Å². The second-order valence-corrected chi connectivity index (χ2v) is 7.34. The summed E-state index contributed by atoms with van der Waals surface area (Å²) in [5.74, 6) is 1.72. The molecule has 0 amide bonds. The summed E-state index contributed by atoms with van der Waals surface area (Å²) in [5.41, 5.74) is 1.67. The summed E-state index contributed by atoms with van der Waals surface area (Å²) in [6.45, 7) is 0.413. The fourth-order valence-electron chi connectivity index (χ4n) is 4.82. The summed E-state index contributed by atoms with van der Waals surface area (Å²) >= 11 is 0. The van der Waals surface area contributed by atoms with Crippen molar-refractivity contribution in [3.05, 3.63) is 75.8 Å². The van der Waals surface area contributed by atoms with Crippen molar-refractivity contribution >= 4 is 11.7 Å². The standard InChI is InChI=1S/C21H21NO4/c23-21(15-8-10-18(11-9-15)22(24)25)26-13-19-16-6-7-17(12-16)20(19)14-4-2-1-3-5-14/h1-5,8-11,16-17,19-20H,6-7,12-13H2/t16-,17-,19-,20+/m0/s1. The van der Waals surface area contributed by atoms with Crippen molar-refractivity contribution in [1.82, 2.24) is 0 Å². The van der Waals surface area contributed by atoms with Crippen molar-refractivity contribution in [3.63, 3.8) is 0 Å². The van der Waals surface area contributed by atoms with Crippen LogP contribution in [0.4, 0.5) is 5.69 Å². The number of benzene rings is 2. The van der Waals surface area contributed by atoms with Crippen LogP contribution >= 0.6 is 0 Å². The molecule has 2 bridgehead atoms. The number of nitrogens with zero attached hydrogens (tertiary/aromatic N) is 1. The fourth-order valence-corrected chi connectivity index (χ4v) is 4.82. The minimum atomic E-state index is -0.477. The SMILES string of the molecule is O=C(OC[C@H]1[C@H]2CC[C@@H](C2)[C@H]1c1ccccc1)c1ccc([N+](=O)[O-])cc1. The average Bonchev–Trinajstić information content (AvgIpc) is 3.28. The van der Waals surface area contributed by atoms with Crippen molar-refractivity contribution in [2.75, 3.05) is 6.61 Å². The Kier molecular flexibility index (Phi) is 4.45.